The number of hydrogen-bond donors (Lipinski definition) is 1. The minimum atomic E-state index is -1.07. The van der Waals surface area contributed by atoms with Crippen LogP contribution in [-0.4, -0.2) is 11.1 Å². The Bertz CT molecular complexity index is 370. The maximum atomic E-state index is 13.1. The predicted molar refractivity (Wildman–Crippen MR) is 56.6 cm³/mol. The number of alkyl halides is 1. The maximum Gasteiger partial charge on any atom is 0.313 e. The van der Waals surface area contributed by atoms with Crippen LogP contribution < -0.4 is 0 Å². The van der Waals surface area contributed by atoms with Crippen molar-refractivity contribution >= 4 is 5.97 Å². The monoisotopic (exact) mass is 210 g/mol. The molecule has 1 unspecified atom stereocenters. The quantitative estimate of drug-likeness (QED) is 0.832. The van der Waals surface area contributed by atoms with Gasteiger partial charge in [-0.15, -0.1) is 0 Å². The molecule has 1 aromatic rings. The summed E-state index contributed by atoms with van der Waals surface area (Å²) in [7, 11) is 0. The molecule has 0 aliphatic rings. The molecule has 0 aromatic heterocycles. The van der Waals surface area contributed by atoms with Gasteiger partial charge in [-0.1, -0.05) is 24.3 Å². The highest BCUT2D eigenvalue weighted by Gasteiger charge is 2.29. The van der Waals surface area contributed by atoms with E-state index in [0.29, 0.717) is 11.1 Å². The number of benzene rings is 1. The molecule has 0 saturated carbocycles. The molecule has 1 atom stereocenters. The number of rotatable bonds is 3. The molecular formula is C12H15FO2. The van der Waals surface area contributed by atoms with Crippen molar-refractivity contribution in [1.29, 1.82) is 0 Å². The third-order valence-corrected chi connectivity index (χ3v) is 2.60. The van der Waals surface area contributed by atoms with Crippen molar-refractivity contribution in [3.63, 3.8) is 0 Å². The highest BCUT2D eigenvalue weighted by molar-refractivity contribution is 5.80. The van der Waals surface area contributed by atoms with Gasteiger partial charge in [0.1, 0.15) is 6.17 Å². The molecule has 1 rings (SSSR count). The van der Waals surface area contributed by atoms with Gasteiger partial charge in [-0.25, -0.2) is 4.39 Å². The van der Waals surface area contributed by atoms with Gasteiger partial charge < -0.3 is 5.11 Å². The number of hydrogen-bond acceptors (Lipinski definition) is 1. The SMILES string of the molecule is CC(F)c1cccc(C(C)(C)C(=O)O)c1. The van der Waals surface area contributed by atoms with Crippen LogP contribution >= 0.6 is 0 Å². The fourth-order valence-electron chi connectivity index (χ4n) is 1.30. The molecule has 2 nitrogen and oxygen atoms in total. The van der Waals surface area contributed by atoms with Crippen LogP contribution in [0.1, 0.15) is 38.1 Å². The van der Waals surface area contributed by atoms with Crippen LogP contribution in [0.4, 0.5) is 4.39 Å². The van der Waals surface area contributed by atoms with Crippen LogP contribution in [0.3, 0.4) is 0 Å². The van der Waals surface area contributed by atoms with Crippen molar-refractivity contribution < 1.29 is 14.3 Å². The van der Waals surface area contributed by atoms with E-state index in [1.807, 2.05) is 0 Å². The first-order valence-electron chi connectivity index (χ1n) is 4.83. The van der Waals surface area contributed by atoms with E-state index >= 15 is 0 Å². The lowest BCUT2D eigenvalue weighted by Crippen LogP contribution is -2.28. The summed E-state index contributed by atoms with van der Waals surface area (Å²) in [4.78, 5) is 11.0. The second kappa shape index (κ2) is 4.01. The molecule has 0 fully saturated rings. The molecule has 0 aliphatic carbocycles. The lowest BCUT2D eigenvalue weighted by Gasteiger charge is -2.20. The molecule has 1 N–H and O–H groups in total. The van der Waals surface area contributed by atoms with E-state index < -0.39 is 17.6 Å². The zero-order chi connectivity index (χ0) is 11.6. The molecule has 15 heavy (non-hydrogen) atoms. The summed E-state index contributed by atoms with van der Waals surface area (Å²) in [5.41, 5.74) is 0.157. The molecule has 0 radical (unpaired) electrons. The Balaban J connectivity index is 3.16. The Labute approximate surface area is 88.7 Å². The van der Waals surface area contributed by atoms with Gasteiger partial charge in [0.25, 0.3) is 0 Å². The van der Waals surface area contributed by atoms with Gasteiger partial charge in [0.15, 0.2) is 0 Å². The number of carboxylic acid groups (broad SMARTS) is 1. The molecular weight excluding hydrogens is 195 g/mol. The van der Waals surface area contributed by atoms with Gasteiger partial charge in [-0.3, -0.25) is 4.79 Å². The Morgan fingerprint density at radius 3 is 2.53 bits per heavy atom. The standard InChI is InChI=1S/C12H15FO2/c1-8(13)9-5-4-6-10(7-9)12(2,3)11(14)15/h4-8H,1-3H3,(H,14,15). The van der Waals surface area contributed by atoms with Crippen LogP contribution in [0.5, 0.6) is 0 Å². The second-order valence-corrected chi connectivity index (χ2v) is 4.17. The molecule has 1 aromatic carbocycles. The average Bonchev–Trinajstić information content (AvgIpc) is 2.17. The number of carboxylic acids is 1. The van der Waals surface area contributed by atoms with Crippen molar-refractivity contribution in [2.24, 2.45) is 0 Å². The Hall–Kier alpha value is -1.38. The molecule has 0 amide bonds. The molecule has 0 bridgehead atoms. The van der Waals surface area contributed by atoms with E-state index in [4.69, 9.17) is 5.11 Å². The average molecular weight is 210 g/mol. The first kappa shape index (κ1) is 11.7. The van der Waals surface area contributed by atoms with E-state index in [0.717, 1.165) is 0 Å². The largest absolute Gasteiger partial charge is 0.481 e. The van der Waals surface area contributed by atoms with E-state index in [9.17, 15) is 9.18 Å². The molecule has 0 spiro atoms. The van der Waals surface area contributed by atoms with Gasteiger partial charge in [-0.2, -0.15) is 0 Å². The fraction of sp³-hybridized carbons (Fsp3) is 0.417. The third-order valence-electron chi connectivity index (χ3n) is 2.60. The van der Waals surface area contributed by atoms with E-state index in [2.05, 4.69) is 0 Å². The van der Waals surface area contributed by atoms with Gasteiger partial charge in [0, 0.05) is 0 Å². The van der Waals surface area contributed by atoms with Crippen molar-refractivity contribution in [2.75, 3.05) is 0 Å². The minimum Gasteiger partial charge on any atom is -0.481 e. The lowest BCUT2D eigenvalue weighted by atomic mass is 9.84. The van der Waals surface area contributed by atoms with Crippen molar-refractivity contribution in [1.82, 2.24) is 0 Å². The van der Waals surface area contributed by atoms with Crippen LogP contribution in [-0.2, 0) is 10.2 Å². The zero-order valence-corrected chi connectivity index (χ0v) is 9.12. The highest BCUT2D eigenvalue weighted by Crippen LogP contribution is 2.26. The topological polar surface area (TPSA) is 37.3 Å². The summed E-state index contributed by atoms with van der Waals surface area (Å²) in [5, 5.41) is 9.03. The molecule has 0 saturated heterocycles. The molecule has 82 valence electrons. The maximum absolute atomic E-state index is 13.1. The molecule has 0 heterocycles. The van der Waals surface area contributed by atoms with Crippen LogP contribution in [0.15, 0.2) is 24.3 Å². The summed E-state index contributed by atoms with van der Waals surface area (Å²) in [6.45, 7) is 4.65. The zero-order valence-electron chi connectivity index (χ0n) is 9.12. The van der Waals surface area contributed by atoms with Crippen molar-refractivity contribution in [2.45, 2.75) is 32.4 Å². The highest BCUT2D eigenvalue weighted by atomic mass is 19.1. The lowest BCUT2D eigenvalue weighted by molar-refractivity contribution is -0.142. The molecule has 0 aliphatic heterocycles. The van der Waals surface area contributed by atoms with E-state index in [1.54, 1.807) is 38.1 Å². The Morgan fingerprint density at radius 2 is 2.07 bits per heavy atom. The number of halogens is 1. The summed E-state index contributed by atoms with van der Waals surface area (Å²) >= 11 is 0. The first-order chi connectivity index (χ1) is 6.85. The smallest absolute Gasteiger partial charge is 0.313 e. The van der Waals surface area contributed by atoms with E-state index in [-0.39, 0.29) is 0 Å². The second-order valence-electron chi connectivity index (χ2n) is 4.17. The normalized spacial score (nSPS) is 13.6. The predicted octanol–water partition coefficient (Wildman–Crippen LogP) is 3.08. The summed E-state index contributed by atoms with van der Waals surface area (Å²) in [6, 6.07) is 6.66. The van der Waals surface area contributed by atoms with Crippen molar-refractivity contribution in [3.05, 3.63) is 35.4 Å². The number of aliphatic carboxylic acids is 1. The molecule has 3 heteroatoms. The Morgan fingerprint density at radius 1 is 1.47 bits per heavy atom. The summed E-state index contributed by atoms with van der Waals surface area (Å²) in [6.07, 6.45) is -1.07. The third kappa shape index (κ3) is 2.35. The van der Waals surface area contributed by atoms with Crippen LogP contribution in [0.2, 0.25) is 0 Å². The fourth-order valence-corrected chi connectivity index (χ4v) is 1.30. The Kier molecular flexibility index (Phi) is 3.12. The minimum absolute atomic E-state index is 0.516. The van der Waals surface area contributed by atoms with Crippen LogP contribution in [0, 0.1) is 0 Å². The summed E-state index contributed by atoms with van der Waals surface area (Å²) < 4.78 is 13.1. The van der Waals surface area contributed by atoms with Crippen molar-refractivity contribution in [3.8, 4) is 0 Å². The van der Waals surface area contributed by atoms with Crippen LogP contribution in [0.25, 0.3) is 0 Å². The summed E-state index contributed by atoms with van der Waals surface area (Å²) in [5.74, 6) is -0.911. The van der Waals surface area contributed by atoms with Gasteiger partial charge >= 0.3 is 5.97 Å². The van der Waals surface area contributed by atoms with Gasteiger partial charge in [-0.05, 0) is 31.9 Å². The van der Waals surface area contributed by atoms with E-state index in [1.165, 1.54) is 6.92 Å². The number of carbonyl (C=O) groups is 1. The van der Waals surface area contributed by atoms with Gasteiger partial charge in [0.2, 0.25) is 0 Å². The van der Waals surface area contributed by atoms with Gasteiger partial charge in [0.05, 0.1) is 5.41 Å². The first-order valence-corrected chi connectivity index (χ1v) is 4.83.